The van der Waals surface area contributed by atoms with Crippen LogP contribution in [0.25, 0.3) is 0 Å². The number of nitrogens with zero attached hydrogens (tertiary/aromatic N) is 1. The van der Waals surface area contributed by atoms with Gasteiger partial charge in [-0.25, -0.2) is 4.79 Å². The van der Waals surface area contributed by atoms with Gasteiger partial charge in [0.05, 0.1) is 0 Å². The van der Waals surface area contributed by atoms with Gasteiger partial charge in [-0.2, -0.15) is 4.98 Å². The van der Waals surface area contributed by atoms with Gasteiger partial charge in [0.2, 0.25) is 0 Å². The van der Waals surface area contributed by atoms with E-state index in [0.717, 1.165) is 29.9 Å². The van der Waals surface area contributed by atoms with Gasteiger partial charge >= 0.3 is 5.69 Å². The van der Waals surface area contributed by atoms with Crippen molar-refractivity contribution in [2.45, 2.75) is 13.0 Å². The van der Waals surface area contributed by atoms with Crippen molar-refractivity contribution in [2.75, 3.05) is 11.9 Å². The van der Waals surface area contributed by atoms with Crippen LogP contribution in [-0.4, -0.2) is 16.5 Å². The van der Waals surface area contributed by atoms with Crippen molar-refractivity contribution in [3.63, 3.8) is 0 Å². The van der Waals surface area contributed by atoms with E-state index >= 15 is 0 Å². The van der Waals surface area contributed by atoms with Crippen LogP contribution in [0.1, 0.15) is 11.3 Å². The Kier molecular flexibility index (Phi) is 3.23. The third-order valence-electron chi connectivity index (χ3n) is 3.06. The smallest absolute Gasteiger partial charge is 0.340 e. The van der Waals surface area contributed by atoms with E-state index in [2.05, 4.69) is 20.6 Å². The van der Waals surface area contributed by atoms with E-state index in [1.807, 2.05) is 12.1 Å². The number of aromatic amines is 1. The molecular formula is C13H13ClN4O. The SMILES string of the molecule is O=c1nc(Nc2cccc(Cl)c2)c2c([nH]1)CNCC2. The Hall–Kier alpha value is -1.85. The van der Waals surface area contributed by atoms with E-state index in [-0.39, 0.29) is 5.69 Å². The molecule has 1 aliphatic heterocycles. The molecular weight excluding hydrogens is 264 g/mol. The first-order valence-electron chi connectivity index (χ1n) is 6.08. The fraction of sp³-hybridized carbons (Fsp3) is 0.231. The normalized spacial score (nSPS) is 13.9. The van der Waals surface area contributed by atoms with Gasteiger partial charge in [0, 0.05) is 28.5 Å². The Morgan fingerprint density at radius 1 is 1.37 bits per heavy atom. The van der Waals surface area contributed by atoms with Crippen molar-refractivity contribution in [3.05, 3.63) is 51.0 Å². The van der Waals surface area contributed by atoms with Gasteiger partial charge in [0.1, 0.15) is 5.82 Å². The van der Waals surface area contributed by atoms with Gasteiger partial charge in [0.25, 0.3) is 0 Å². The lowest BCUT2D eigenvalue weighted by Crippen LogP contribution is -2.29. The first-order chi connectivity index (χ1) is 9.22. The fourth-order valence-electron chi connectivity index (χ4n) is 2.20. The van der Waals surface area contributed by atoms with E-state index < -0.39 is 0 Å². The topological polar surface area (TPSA) is 69.8 Å². The van der Waals surface area contributed by atoms with Crippen LogP contribution in [0.5, 0.6) is 0 Å². The molecule has 1 aromatic heterocycles. The molecule has 19 heavy (non-hydrogen) atoms. The molecule has 98 valence electrons. The molecule has 0 unspecified atom stereocenters. The van der Waals surface area contributed by atoms with Crippen LogP contribution in [0.4, 0.5) is 11.5 Å². The summed E-state index contributed by atoms with van der Waals surface area (Å²) >= 11 is 5.95. The average Bonchev–Trinajstić information content (AvgIpc) is 2.38. The minimum atomic E-state index is -0.341. The van der Waals surface area contributed by atoms with Crippen LogP contribution >= 0.6 is 11.6 Å². The molecule has 6 heteroatoms. The summed E-state index contributed by atoms with van der Waals surface area (Å²) in [5.74, 6) is 0.613. The molecule has 0 amide bonds. The lowest BCUT2D eigenvalue weighted by Gasteiger charge is -2.19. The molecule has 1 aliphatic rings. The van der Waals surface area contributed by atoms with Gasteiger partial charge in [0.15, 0.2) is 0 Å². The molecule has 0 fully saturated rings. The van der Waals surface area contributed by atoms with Crippen molar-refractivity contribution >= 4 is 23.1 Å². The maximum Gasteiger partial charge on any atom is 0.347 e. The Labute approximate surface area is 115 Å². The summed E-state index contributed by atoms with van der Waals surface area (Å²) in [4.78, 5) is 18.3. The molecule has 0 bridgehead atoms. The van der Waals surface area contributed by atoms with Crippen LogP contribution in [0.15, 0.2) is 29.1 Å². The summed E-state index contributed by atoms with van der Waals surface area (Å²) < 4.78 is 0. The third kappa shape index (κ3) is 2.62. The molecule has 0 radical (unpaired) electrons. The highest BCUT2D eigenvalue weighted by Crippen LogP contribution is 2.23. The minimum Gasteiger partial charge on any atom is -0.340 e. The second-order valence-corrected chi connectivity index (χ2v) is 4.85. The molecule has 0 saturated heterocycles. The zero-order valence-electron chi connectivity index (χ0n) is 10.2. The molecule has 2 aromatic rings. The largest absolute Gasteiger partial charge is 0.347 e. The highest BCUT2D eigenvalue weighted by Gasteiger charge is 2.15. The quantitative estimate of drug-likeness (QED) is 0.782. The van der Waals surface area contributed by atoms with Crippen molar-refractivity contribution in [3.8, 4) is 0 Å². The molecule has 1 aromatic carbocycles. The summed E-state index contributed by atoms with van der Waals surface area (Å²) in [6.45, 7) is 1.54. The van der Waals surface area contributed by atoms with Gasteiger partial charge in [-0.3, -0.25) is 0 Å². The molecule has 0 spiro atoms. The summed E-state index contributed by atoms with van der Waals surface area (Å²) in [6, 6.07) is 7.35. The monoisotopic (exact) mass is 276 g/mol. The Balaban J connectivity index is 2.00. The van der Waals surface area contributed by atoms with Gasteiger partial charge in [-0.05, 0) is 31.2 Å². The molecule has 5 nitrogen and oxygen atoms in total. The zero-order chi connectivity index (χ0) is 13.2. The maximum atomic E-state index is 11.6. The number of benzene rings is 1. The number of nitrogens with one attached hydrogen (secondary N) is 3. The summed E-state index contributed by atoms with van der Waals surface area (Å²) in [5, 5.41) is 7.04. The first kappa shape index (κ1) is 12.2. The Bertz CT molecular complexity index is 668. The second kappa shape index (κ2) is 5.03. The Morgan fingerprint density at radius 3 is 3.11 bits per heavy atom. The van der Waals surface area contributed by atoms with Crippen LogP contribution in [-0.2, 0) is 13.0 Å². The van der Waals surface area contributed by atoms with Crippen LogP contribution in [0.3, 0.4) is 0 Å². The van der Waals surface area contributed by atoms with E-state index in [9.17, 15) is 4.79 Å². The highest BCUT2D eigenvalue weighted by molar-refractivity contribution is 6.30. The number of aromatic nitrogens is 2. The number of fused-ring (bicyclic) bond motifs is 1. The standard InChI is InChI=1S/C13H13ClN4O/c14-8-2-1-3-9(6-8)16-12-10-4-5-15-7-11(10)17-13(19)18-12/h1-3,6,15H,4-5,7H2,(H2,16,17,18,19). The van der Waals surface area contributed by atoms with Crippen LogP contribution < -0.4 is 16.3 Å². The van der Waals surface area contributed by atoms with Crippen molar-refractivity contribution < 1.29 is 0 Å². The fourth-order valence-corrected chi connectivity index (χ4v) is 2.39. The van der Waals surface area contributed by atoms with E-state index in [1.54, 1.807) is 12.1 Å². The van der Waals surface area contributed by atoms with Crippen LogP contribution in [0, 0.1) is 0 Å². The summed E-state index contributed by atoms with van der Waals surface area (Å²) in [6.07, 6.45) is 0.835. The minimum absolute atomic E-state index is 0.341. The molecule has 0 aliphatic carbocycles. The average molecular weight is 277 g/mol. The van der Waals surface area contributed by atoms with E-state index in [0.29, 0.717) is 17.4 Å². The Morgan fingerprint density at radius 2 is 2.26 bits per heavy atom. The molecule has 0 saturated carbocycles. The van der Waals surface area contributed by atoms with Crippen LogP contribution in [0.2, 0.25) is 5.02 Å². The lowest BCUT2D eigenvalue weighted by molar-refractivity contribution is 0.621. The summed E-state index contributed by atoms with van der Waals surface area (Å²) in [7, 11) is 0. The predicted octanol–water partition coefficient (Wildman–Crippen LogP) is 1.81. The van der Waals surface area contributed by atoms with Gasteiger partial charge in [-0.15, -0.1) is 0 Å². The number of hydrogen-bond acceptors (Lipinski definition) is 4. The van der Waals surface area contributed by atoms with Gasteiger partial charge in [-0.1, -0.05) is 17.7 Å². The lowest BCUT2D eigenvalue weighted by atomic mass is 10.1. The number of halogens is 1. The maximum absolute atomic E-state index is 11.6. The number of rotatable bonds is 2. The van der Waals surface area contributed by atoms with Gasteiger partial charge < -0.3 is 15.6 Å². The molecule has 3 rings (SSSR count). The number of hydrogen-bond donors (Lipinski definition) is 3. The second-order valence-electron chi connectivity index (χ2n) is 4.41. The molecule has 2 heterocycles. The van der Waals surface area contributed by atoms with Crippen molar-refractivity contribution in [1.82, 2.24) is 15.3 Å². The zero-order valence-corrected chi connectivity index (χ0v) is 10.9. The van der Waals surface area contributed by atoms with Crippen molar-refractivity contribution in [2.24, 2.45) is 0 Å². The predicted molar refractivity (Wildman–Crippen MR) is 75.0 cm³/mol. The summed E-state index contributed by atoms with van der Waals surface area (Å²) in [5.41, 5.74) is 2.44. The van der Waals surface area contributed by atoms with E-state index in [1.165, 1.54) is 0 Å². The highest BCUT2D eigenvalue weighted by atomic mass is 35.5. The first-order valence-corrected chi connectivity index (χ1v) is 6.45. The molecule has 3 N–H and O–H groups in total. The van der Waals surface area contributed by atoms with Crippen molar-refractivity contribution in [1.29, 1.82) is 0 Å². The van der Waals surface area contributed by atoms with E-state index in [4.69, 9.17) is 11.6 Å². The number of anilines is 2. The number of H-pyrrole nitrogens is 1. The molecule has 0 atom stereocenters. The third-order valence-corrected chi connectivity index (χ3v) is 3.30.